The predicted molar refractivity (Wildman–Crippen MR) is 88.9 cm³/mol. The highest BCUT2D eigenvalue weighted by atomic mass is 16.6. The number of hydrogen-bond acceptors (Lipinski definition) is 6. The van der Waals surface area contributed by atoms with Crippen molar-refractivity contribution < 1.29 is 19.1 Å². The highest BCUT2D eigenvalue weighted by Gasteiger charge is 2.18. The molecule has 2 aromatic rings. The van der Waals surface area contributed by atoms with Gasteiger partial charge in [0.15, 0.2) is 0 Å². The van der Waals surface area contributed by atoms with Gasteiger partial charge in [-0.05, 0) is 31.2 Å². The maximum absolute atomic E-state index is 12.0. The van der Waals surface area contributed by atoms with Crippen molar-refractivity contribution >= 4 is 29.6 Å². The molecule has 2 rings (SSSR count). The van der Waals surface area contributed by atoms with Crippen molar-refractivity contribution in [2.24, 2.45) is 0 Å². The van der Waals surface area contributed by atoms with Crippen LogP contribution < -0.4 is 4.90 Å². The van der Waals surface area contributed by atoms with Crippen LogP contribution in [0.4, 0.5) is 16.2 Å². The van der Waals surface area contributed by atoms with E-state index in [2.05, 4.69) is 0 Å². The fraction of sp³-hybridized carbons (Fsp3) is 0.118. The van der Waals surface area contributed by atoms with Gasteiger partial charge < -0.3 is 4.74 Å². The van der Waals surface area contributed by atoms with Crippen LogP contribution in [0, 0.1) is 10.8 Å². The van der Waals surface area contributed by atoms with Gasteiger partial charge in [-0.25, -0.2) is 30.1 Å². The Morgan fingerprint density at radius 1 is 0.917 bits per heavy atom. The molecule has 2 N–H and O–H groups in total. The Bertz CT molecular complexity index is 611. The van der Waals surface area contributed by atoms with Crippen molar-refractivity contribution in [2.45, 2.75) is 6.92 Å². The molecule has 0 bridgehead atoms. The molecule has 7 nitrogen and oxygen atoms in total. The Labute approximate surface area is 139 Å². The Morgan fingerprint density at radius 3 is 1.54 bits per heavy atom. The number of benzene rings is 2. The molecule has 0 unspecified atom stereocenters. The SMILES string of the molecule is CCOC(=O)N(c1ccccc1)c1ccccc1.N=C=O.N=C=O. The van der Waals surface area contributed by atoms with Crippen LogP contribution >= 0.6 is 0 Å². The van der Waals surface area contributed by atoms with Crippen molar-refractivity contribution in [2.75, 3.05) is 11.5 Å². The third-order valence-electron chi connectivity index (χ3n) is 2.48. The number of carbonyl (C=O) groups excluding carboxylic acids is 3. The third-order valence-corrected chi connectivity index (χ3v) is 2.48. The summed E-state index contributed by atoms with van der Waals surface area (Å²) in [6.07, 6.45) is 1.13. The summed E-state index contributed by atoms with van der Waals surface area (Å²) in [5.74, 6) is 0. The first-order valence-corrected chi connectivity index (χ1v) is 6.80. The van der Waals surface area contributed by atoms with E-state index in [1.807, 2.05) is 60.7 Å². The van der Waals surface area contributed by atoms with E-state index in [0.29, 0.717) is 6.61 Å². The lowest BCUT2D eigenvalue weighted by Gasteiger charge is -2.21. The molecular weight excluding hydrogens is 310 g/mol. The summed E-state index contributed by atoms with van der Waals surface area (Å²) in [5, 5.41) is 10.8. The minimum absolute atomic E-state index is 0.356. The average molecular weight is 327 g/mol. The van der Waals surface area contributed by atoms with E-state index >= 15 is 0 Å². The van der Waals surface area contributed by atoms with Gasteiger partial charge in [0.2, 0.25) is 12.2 Å². The topological polar surface area (TPSA) is 111 Å². The summed E-state index contributed by atoms with van der Waals surface area (Å²) in [7, 11) is 0. The summed E-state index contributed by atoms with van der Waals surface area (Å²) < 4.78 is 5.10. The molecule has 0 fully saturated rings. The number of ether oxygens (including phenoxy) is 1. The van der Waals surface area contributed by atoms with Crippen molar-refractivity contribution in [1.29, 1.82) is 10.8 Å². The third kappa shape index (κ3) is 7.47. The molecule has 24 heavy (non-hydrogen) atoms. The van der Waals surface area contributed by atoms with Crippen LogP contribution in [0.3, 0.4) is 0 Å². The monoisotopic (exact) mass is 327 g/mol. The second kappa shape index (κ2) is 13.2. The maximum Gasteiger partial charge on any atom is 0.418 e. The summed E-state index contributed by atoms with van der Waals surface area (Å²) >= 11 is 0. The standard InChI is InChI=1S/C15H15NO2.2CHNO/c1-2-18-15(17)16(13-9-5-3-6-10-13)14-11-7-4-8-12-14;2*2-1-3/h3-12H,2H2,1H3;2*2H. The molecule has 1 amide bonds. The Hall–Kier alpha value is -3.53. The van der Waals surface area contributed by atoms with E-state index < -0.39 is 0 Å². The summed E-state index contributed by atoms with van der Waals surface area (Å²) in [6.45, 7) is 2.15. The Kier molecular flexibility index (Phi) is 11.2. The second-order valence-corrected chi connectivity index (χ2v) is 3.91. The lowest BCUT2D eigenvalue weighted by molar-refractivity contribution is 0.162. The van der Waals surface area contributed by atoms with E-state index in [9.17, 15) is 4.79 Å². The van der Waals surface area contributed by atoms with Gasteiger partial charge in [0.05, 0.1) is 18.0 Å². The number of amides is 1. The van der Waals surface area contributed by atoms with Gasteiger partial charge in [0.25, 0.3) is 0 Å². The molecule has 2 aromatic carbocycles. The molecular formula is C17H17N3O4. The number of carbonyl (C=O) groups is 1. The zero-order chi connectivity index (χ0) is 18.2. The van der Waals surface area contributed by atoms with Crippen LogP contribution in [0.5, 0.6) is 0 Å². The minimum atomic E-state index is -0.366. The van der Waals surface area contributed by atoms with E-state index in [1.165, 1.54) is 0 Å². The van der Waals surface area contributed by atoms with Crippen molar-refractivity contribution in [3.8, 4) is 0 Å². The Morgan fingerprint density at radius 2 is 1.25 bits per heavy atom. The van der Waals surface area contributed by atoms with Gasteiger partial charge in [-0.2, -0.15) is 0 Å². The summed E-state index contributed by atoms with van der Waals surface area (Å²) in [6, 6.07) is 18.9. The van der Waals surface area contributed by atoms with Gasteiger partial charge in [0.1, 0.15) is 0 Å². The van der Waals surface area contributed by atoms with Crippen LogP contribution in [0.25, 0.3) is 0 Å². The molecule has 7 heteroatoms. The number of para-hydroxylation sites is 2. The van der Waals surface area contributed by atoms with E-state index in [1.54, 1.807) is 11.8 Å². The zero-order valence-electron chi connectivity index (χ0n) is 13.1. The molecule has 0 aliphatic rings. The van der Waals surface area contributed by atoms with E-state index in [4.69, 9.17) is 25.1 Å². The average Bonchev–Trinajstić information content (AvgIpc) is 2.59. The number of nitrogens with one attached hydrogen (secondary N) is 2. The fourth-order valence-electron chi connectivity index (χ4n) is 1.70. The zero-order valence-corrected chi connectivity index (χ0v) is 13.1. The van der Waals surface area contributed by atoms with Crippen LogP contribution in [-0.4, -0.2) is 24.9 Å². The lowest BCUT2D eigenvalue weighted by atomic mass is 10.2. The number of isocyanates is 2. The van der Waals surface area contributed by atoms with E-state index in [-0.39, 0.29) is 6.09 Å². The number of hydrogen-bond donors (Lipinski definition) is 2. The van der Waals surface area contributed by atoms with Crippen LogP contribution in [0.2, 0.25) is 0 Å². The lowest BCUT2D eigenvalue weighted by Crippen LogP contribution is -2.26. The molecule has 0 heterocycles. The molecule has 0 spiro atoms. The number of nitrogens with zero attached hydrogens (tertiary/aromatic N) is 1. The molecule has 0 atom stereocenters. The van der Waals surface area contributed by atoms with Gasteiger partial charge >= 0.3 is 6.09 Å². The normalized spacial score (nSPS) is 8.04. The molecule has 0 saturated carbocycles. The number of rotatable bonds is 3. The molecule has 0 saturated heterocycles. The van der Waals surface area contributed by atoms with Crippen molar-refractivity contribution in [3.63, 3.8) is 0 Å². The first-order chi connectivity index (χ1) is 11.7. The van der Waals surface area contributed by atoms with Crippen LogP contribution in [0.15, 0.2) is 60.7 Å². The molecule has 0 aliphatic carbocycles. The Balaban J connectivity index is 0.000000772. The van der Waals surface area contributed by atoms with Gasteiger partial charge in [-0.1, -0.05) is 36.4 Å². The second-order valence-electron chi connectivity index (χ2n) is 3.91. The molecule has 0 radical (unpaired) electrons. The highest BCUT2D eigenvalue weighted by molar-refractivity contribution is 5.95. The summed E-state index contributed by atoms with van der Waals surface area (Å²) in [5.41, 5.74) is 1.59. The molecule has 0 aromatic heterocycles. The molecule has 0 aliphatic heterocycles. The first-order valence-electron chi connectivity index (χ1n) is 6.80. The maximum atomic E-state index is 12.0. The van der Waals surface area contributed by atoms with Gasteiger partial charge in [-0.15, -0.1) is 0 Å². The number of anilines is 2. The van der Waals surface area contributed by atoms with Crippen molar-refractivity contribution in [1.82, 2.24) is 0 Å². The van der Waals surface area contributed by atoms with Gasteiger partial charge in [-0.3, -0.25) is 0 Å². The van der Waals surface area contributed by atoms with Gasteiger partial charge in [0, 0.05) is 0 Å². The highest BCUT2D eigenvalue weighted by Crippen LogP contribution is 2.25. The molecule has 124 valence electrons. The van der Waals surface area contributed by atoms with Crippen molar-refractivity contribution in [3.05, 3.63) is 60.7 Å². The van der Waals surface area contributed by atoms with Crippen LogP contribution in [-0.2, 0) is 14.3 Å². The quantitative estimate of drug-likeness (QED) is 0.660. The predicted octanol–water partition coefficient (Wildman–Crippen LogP) is 3.78. The first kappa shape index (κ1) is 20.5. The largest absolute Gasteiger partial charge is 0.449 e. The summed E-state index contributed by atoms with van der Waals surface area (Å²) in [4.78, 5) is 30.3. The minimum Gasteiger partial charge on any atom is -0.449 e. The van der Waals surface area contributed by atoms with E-state index in [0.717, 1.165) is 23.5 Å². The fourth-order valence-corrected chi connectivity index (χ4v) is 1.70. The smallest absolute Gasteiger partial charge is 0.418 e. The van der Waals surface area contributed by atoms with Crippen LogP contribution in [0.1, 0.15) is 6.92 Å².